The van der Waals surface area contributed by atoms with Crippen molar-refractivity contribution in [3.8, 4) is 5.75 Å². The summed E-state index contributed by atoms with van der Waals surface area (Å²) in [7, 11) is 1.55. The van der Waals surface area contributed by atoms with Crippen molar-refractivity contribution in [1.82, 2.24) is 0 Å². The molecule has 0 aliphatic heterocycles. The van der Waals surface area contributed by atoms with Crippen LogP contribution in [0.1, 0.15) is 37.0 Å². The zero-order valence-corrected chi connectivity index (χ0v) is 10.6. The van der Waals surface area contributed by atoms with Gasteiger partial charge in [-0.3, -0.25) is 4.79 Å². The van der Waals surface area contributed by atoms with Crippen LogP contribution in [0.15, 0.2) is 24.3 Å². The second kappa shape index (κ2) is 6.40. The molecule has 0 heterocycles. The minimum absolute atomic E-state index is 0.232. The standard InChI is InChI=1S/C14H20O3/c1-10(2)7-8-13(15)14(16)11-5-4-6-12(9-11)17-3/h4-6,9-10,13,15H,7-8H2,1-3H3. The van der Waals surface area contributed by atoms with E-state index >= 15 is 0 Å². The van der Waals surface area contributed by atoms with Gasteiger partial charge in [-0.05, 0) is 30.9 Å². The fraction of sp³-hybridized carbons (Fsp3) is 0.500. The Morgan fingerprint density at radius 1 is 1.35 bits per heavy atom. The molecule has 1 N–H and O–H groups in total. The molecule has 1 aromatic rings. The normalized spacial score (nSPS) is 12.5. The van der Waals surface area contributed by atoms with Crippen LogP contribution in [0.2, 0.25) is 0 Å². The van der Waals surface area contributed by atoms with Crippen molar-refractivity contribution in [3.05, 3.63) is 29.8 Å². The Morgan fingerprint density at radius 3 is 2.65 bits per heavy atom. The maximum atomic E-state index is 11.9. The summed E-state index contributed by atoms with van der Waals surface area (Å²) >= 11 is 0. The Morgan fingerprint density at radius 2 is 2.06 bits per heavy atom. The number of methoxy groups -OCH3 is 1. The molecule has 0 radical (unpaired) electrons. The number of Topliss-reactive ketones (excluding diaryl/α,β-unsaturated/α-hetero) is 1. The van der Waals surface area contributed by atoms with Crippen LogP contribution in [0.5, 0.6) is 5.75 Å². The smallest absolute Gasteiger partial charge is 0.191 e. The molecule has 3 nitrogen and oxygen atoms in total. The van der Waals surface area contributed by atoms with Crippen LogP contribution in [0.25, 0.3) is 0 Å². The third-order valence-electron chi connectivity index (χ3n) is 2.67. The molecular formula is C14H20O3. The van der Waals surface area contributed by atoms with Crippen LogP contribution in [0.4, 0.5) is 0 Å². The lowest BCUT2D eigenvalue weighted by Crippen LogP contribution is -2.21. The molecule has 0 fully saturated rings. The summed E-state index contributed by atoms with van der Waals surface area (Å²) < 4.78 is 5.05. The lowest BCUT2D eigenvalue weighted by Gasteiger charge is -2.11. The summed E-state index contributed by atoms with van der Waals surface area (Å²) in [5.74, 6) is 0.888. The maximum absolute atomic E-state index is 11.9. The minimum Gasteiger partial charge on any atom is -0.497 e. The van der Waals surface area contributed by atoms with E-state index in [1.54, 1.807) is 31.4 Å². The molecule has 0 aliphatic rings. The van der Waals surface area contributed by atoms with Crippen molar-refractivity contribution in [1.29, 1.82) is 0 Å². The molecule has 0 spiro atoms. The highest BCUT2D eigenvalue weighted by molar-refractivity contribution is 5.99. The number of hydrogen-bond donors (Lipinski definition) is 1. The first-order valence-electron chi connectivity index (χ1n) is 5.91. The number of carbonyl (C=O) groups is 1. The van der Waals surface area contributed by atoms with E-state index in [2.05, 4.69) is 13.8 Å². The van der Waals surface area contributed by atoms with Gasteiger partial charge in [0.15, 0.2) is 5.78 Å². The number of hydrogen-bond acceptors (Lipinski definition) is 3. The Bertz CT molecular complexity index is 371. The predicted molar refractivity (Wildman–Crippen MR) is 67.4 cm³/mol. The molecule has 94 valence electrons. The number of rotatable bonds is 6. The van der Waals surface area contributed by atoms with Crippen molar-refractivity contribution in [2.45, 2.75) is 32.8 Å². The van der Waals surface area contributed by atoms with Crippen LogP contribution in [0.3, 0.4) is 0 Å². The zero-order valence-electron chi connectivity index (χ0n) is 10.6. The highest BCUT2D eigenvalue weighted by Gasteiger charge is 2.17. The van der Waals surface area contributed by atoms with E-state index in [0.29, 0.717) is 23.7 Å². The number of benzene rings is 1. The Hall–Kier alpha value is -1.35. The topological polar surface area (TPSA) is 46.5 Å². The van der Waals surface area contributed by atoms with Crippen LogP contribution in [-0.2, 0) is 0 Å². The SMILES string of the molecule is COc1cccc(C(=O)C(O)CCC(C)C)c1. The molecule has 0 aromatic heterocycles. The van der Waals surface area contributed by atoms with Gasteiger partial charge >= 0.3 is 0 Å². The fourth-order valence-electron chi connectivity index (χ4n) is 1.59. The van der Waals surface area contributed by atoms with E-state index in [4.69, 9.17) is 4.74 Å². The third kappa shape index (κ3) is 4.19. The predicted octanol–water partition coefficient (Wildman–Crippen LogP) is 2.68. The Kier molecular flexibility index (Phi) is 5.16. The van der Waals surface area contributed by atoms with Gasteiger partial charge in [-0.1, -0.05) is 26.0 Å². The first-order valence-corrected chi connectivity index (χ1v) is 5.91. The summed E-state index contributed by atoms with van der Waals surface area (Å²) in [4.78, 5) is 11.9. The molecule has 1 rings (SSSR count). The summed E-state index contributed by atoms with van der Waals surface area (Å²) in [6, 6.07) is 6.88. The second-order valence-corrected chi connectivity index (χ2v) is 4.58. The van der Waals surface area contributed by atoms with Gasteiger partial charge in [0.1, 0.15) is 11.9 Å². The van der Waals surface area contributed by atoms with Crippen molar-refractivity contribution < 1.29 is 14.6 Å². The van der Waals surface area contributed by atoms with Gasteiger partial charge < -0.3 is 9.84 Å². The van der Waals surface area contributed by atoms with E-state index in [-0.39, 0.29) is 5.78 Å². The second-order valence-electron chi connectivity index (χ2n) is 4.58. The number of aliphatic hydroxyl groups excluding tert-OH is 1. The number of aliphatic hydroxyl groups is 1. The lowest BCUT2D eigenvalue weighted by atomic mass is 9.99. The van der Waals surface area contributed by atoms with Crippen LogP contribution in [-0.4, -0.2) is 24.1 Å². The van der Waals surface area contributed by atoms with Gasteiger partial charge in [0.25, 0.3) is 0 Å². The molecule has 1 unspecified atom stereocenters. The Labute approximate surface area is 102 Å². The van der Waals surface area contributed by atoms with E-state index in [9.17, 15) is 9.90 Å². The molecule has 1 atom stereocenters. The molecule has 0 aliphatic carbocycles. The van der Waals surface area contributed by atoms with E-state index in [1.165, 1.54) is 0 Å². The summed E-state index contributed by atoms with van der Waals surface area (Å²) in [6.07, 6.45) is 0.439. The quantitative estimate of drug-likeness (QED) is 0.772. The average Bonchev–Trinajstić information content (AvgIpc) is 2.35. The van der Waals surface area contributed by atoms with E-state index < -0.39 is 6.10 Å². The average molecular weight is 236 g/mol. The lowest BCUT2D eigenvalue weighted by molar-refractivity contribution is 0.0719. The zero-order chi connectivity index (χ0) is 12.8. The third-order valence-corrected chi connectivity index (χ3v) is 2.67. The number of ketones is 1. The molecule has 0 saturated carbocycles. The molecule has 0 amide bonds. The van der Waals surface area contributed by atoms with Crippen LogP contribution in [0, 0.1) is 5.92 Å². The Balaban J connectivity index is 2.67. The van der Waals surface area contributed by atoms with Gasteiger partial charge in [-0.15, -0.1) is 0 Å². The first kappa shape index (κ1) is 13.7. The first-order chi connectivity index (χ1) is 8.04. The van der Waals surface area contributed by atoms with E-state index in [0.717, 1.165) is 6.42 Å². The number of carbonyl (C=O) groups excluding carboxylic acids is 1. The summed E-state index contributed by atoms with van der Waals surface area (Å²) in [5, 5.41) is 9.79. The monoisotopic (exact) mass is 236 g/mol. The molecule has 0 saturated heterocycles. The van der Waals surface area contributed by atoms with E-state index in [1.807, 2.05) is 0 Å². The molecular weight excluding hydrogens is 216 g/mol. The maximum Gasteiger partial charge on any atom is 0.191 e. The van der Waals surface area contributed by atoms with Crippen LogP contribution >= 0.6 is 0 Å². The van der Waals surface area contributed by atoms with Crippen molar-refractivity contribution in [3.63, 3.8) is 0 Å². The van der Waals surface area contributed by atoms with Crippen molar-refractivity contribution in [2.24, 2.45) is 5.92 Å². The summed E-state index contributed by atoms with van der Waals surface area (Å²) in [6.45, 7) is 4.14. The molecule has 1 aromatic carbocycles. The van der Waals surface area contributed by atoms with Crippen molar-refractivity contribution in [2.75, 3.05) is 7.11 Å². The largest absolute Gasteiger partial charge is 0.497 e. The summed E-state index contributed by atoms with van der Waals surface area (Å²) in [5.41, 5.74) is 0.501. The highest BCUT2D eigenvalue weighted by Crippen LogP contribution is 2.16. The highest BCUT2D eigenvalue weighted by atomic mass is 16.5. The van der Waals surface area contributed by atoms with Gasteiger partial charge in [-0.25, -0.2) is 0 Å². The van der Waals surface area contributed by atoms with Gasteiger partial charge in [-0.2, -0.15) is 0 Å². The molecule has 3 heteroatoms. The molecule has 0 bridgehead atoms. The number of ether oxygens (including phenoxy) is 1. The fourth-order valence-corrected chi connectivity index (χ4v) is 1.59. The minimum atomic E-state index is -0.912. The van der Waals surface area contributed by atoms with Crippen molar-refractivity contribution >= 4 is 5.78 Å². The van der Waals surface area contributed by atoms with Crippen LogP contribution < -0.4 is 4.74 Å². The van der Waals surface area contributed by atoms with Gasteiger partial charge in [0.2, 0.25) is 0 Å². The van der Waals surface area contributed by atoms with Gasteiger partial charge in [0.05, 0.1) is 7.11 Å². The van der Waals surface area contributed by atoms with Gasteiger partial charge in [0, 0.05) is 5.56 Å². The molecule has 17 heavy (non-hydrogen) atoms.